The summed E-state index contributed by atoms with van der Waals surface area (Å²) < 4.78 is 24.0. The molecule has 3 amide bonds. The fourth-order valence-electron chi connectivity index (χ4n) is 4.35. The number of urea groups is 1. The number of halogens is 1. The van der Waals surface area contributed by atoms with Gasteiger partial charge in [-0.05, 0) is 60.9 Å². The molecule has 0 bridgehead atoms. The number of benzene rings is 2. The molecule has 7 nitrogen and oxygen atoms in total. The van der Waals surface area contributed by atoms with Crippen LogP contribution in [0.3, 0.4) is 0 Å². The van der Waals surface area contributed by atoms with Crippen molar-refractivity contribution in [3.05, 3.63) is 53.3 Å². The predicted octanol–water partition coefficient (Wildman–Crippen LogP) is 3.28. The Hall–Kier alpha value is -3.29. The van der Waals surface area contributed by atoms with Crippen LogP contribution in [-0.2, 0) is 11.2 Å². The van der Waals surface area contributed by atoms with E-state index < -0.39 is 0 Å². The van der Waals surface area contributed by atoms with Gasteiger partial charge in [-0.3, -0.25) is 4.79 Å². The molecule has 164 valence electrons. The minimum absolute atomic E-state index is 0.0919. The van der Waals surface area contributed by atoms with Crippen LogP contribution in [0.1, 0.15) is 30.5 Å². The zero-order valence-corrected chi connectivity index (χ0v) is 17.9. The average Bonchev–Trinajstić information content (AvgIpc) is 3.13. The first-order chi connectivity index (χ1) is 14.9. The Morgan fingerprint density at radius 1 is 1.13 bits per heavy atom. The Balaban J connectivity index is 1.45. The van der Waals surface area contributed by atoms with Crippen molar-refractivity contribution < 1.29 is 23.5 Å². The van der Waals surface area contributed by atoms with Crippen molar-refractivity contribution in [2.75, 3.05) is 32.2 Å². The summed E-state index contributed by atoms with van der Waals surface area (Å²) in [6.07, 6.45) is 0.922. The second-order valence-electron chi connectivity index (χ2n) is 7.86. The van der Waals surface area contributed by atoms with Crippen molar-refractivity contribution in [1.82, 2.24) is 10.2 Å². The second-order valence-corrected chi connectivity index (χ2v) is 7.86. The predicted molar refractivity (Wildman–Crippen MR) is 114 cm³/mol. The standard InChI is InChI=1S/C23H26FN3O4/c1-14-19-12-21(31-3)20(30-2)10-15(19)8-9-26(14)23(29)25-17-11-22(28)27(13-17)18-6-4-16(24)5-7-18/h4-7,10,12,14,17H,8-9,11,13H2,1-3H3,(H,25,29)/t14-,17-/m0/s1. The summed E-state index contributed by atoms with van der Waals surface area (Å²) in [6.45, 7) is 2.91. The third-order valence-electron chi connectivity index (χ3n) is 6.04. The highest BCUT2D eigenvalue weighted by atomic mass is 19.1. The number of nitrogens with one attached hydrogen (secondary N) is 1. The van der Waals surface area contributed by atoms with Crippen molar-refractivity contribution in [1.29, 1.82) is 0 Å². The summed E-state index contributed by atoms with van der Waals surface area (Å²) >= 11 is 0. The number of fused-ring (bicyclic) bond motifs is 1. The Bertz CT molecular complexity index is 995. The van der Waals surface area contributed by atoms with Gasteiger partial charge in [-0.2, -0.15) is 0 Å². The highest BCUT2D eigenvalue weighted by molar-refractivity contribution is 5.96. The number of ether oxygens (including phenoxy) is 2. The molecule has 31 heavy (non-hydrogen) atoms. The molecule has 2 aromatic carbocycles. The largest absolute Gasteiger partial charge is 0.493 e. The average molecular weight is 427 g/mol. The maximum absolute atomic E-state index is 13.2. The SMILES string of the molecule is COc1cc2c(cc1OC)[C@H](C)N(C(=O)N[C@H]1CC(=O)N(c3ccc(F)cc3)C1)CC2. The molecule has 0 unspecified atom stereocenters. The van der Waals surface area contributed by atoms with Crippen molar-refractivity contribution >= 4 is 17.6 Å². The van der Waals surface area contributed by atoms with Crippen molar-refractivity contribution in [2.24, 2.45) is 0 Å². The minimum Gasteiger partial charge on any atom is -0.493 e. The van der Waals surface area contributed by atoms with Crippen LogP contribution in [0.4, 0.5) is 14.9 Å². The first-order valence-corrected chi connectivity index (χ1v) is 10.3. The summed E-state index contributed by atoms with van der Waals surface area (Å²) in [7, 11) is 3.20. The van der Waals surface area contributed by atoms with Gasteiger partial charge in [-0.15, -0.1) is 0 Å². The lowest BCUT2D eigenvalue weighted by Gasteiger charge is -2.36. The third kappa shape index (κ3) is 4.02. The molecule has 0 spiro atoms. The van der Waals surface area contributed by atoms with Gasteiger partial charge in [0.1, 0.15) is 5.82 Å². The quantitative estimate of drug-likeness (QED) is 0.813. The minimum atomic E-state index is -0.353. The molecule has 0 aliphatic carbocycles. The Morgan fingerprint density at radius 2 is 1.81 bits per heavy atom. The van der Waals surface area contributed by atoms with E-state index in [-0.39, 0.29) is 36.3 Å². The molecule has 2 aliphatic rings. The second kappa shape index (κ2) is 8.45. The Morgan fingerprint density at radius 3 is 2.48 bits per heavy atom. The lowest BCUT2D eigenvalue weighted by molar-refractivity contribution is -0.117. The van der Waals surface area contributed by atoms with E-state index in [1.54, 1.807) is 36.2 Å². The van der Waals surface area contributed by atoms with E-state index in [1.165, 1.54) is 12.1 Å². The van der Waals surface area contributed by atoms with Crippen LogP contribution in [0.15, 0.2) is 36.4 Å². The van der Waals surface area contributed by atoms with Crippen molar-refractivity contribution in [3.8, 4) is 11.5 Å². The highest BCUT2D eigenvalue weighted by Crippen LogP contribution is 2.38. The molecule has 1 saturated heterocycles. The van der Waals surface area contributed by atoms with E-state index in [0.29, 0.717) is 36.7 Å². The summed E-state index contributed by atoms with van der Waals surface area (Å²) in [4.78, 5) is 28.8. The molecule has 0 aromatic heterocycles. The van der Waals surface area contributed by atoms with E-state index in [2.05, 4.69) is 5.32 Å². The molecule has 2 atom stereocenters. The fraction of sp³-hybridized carbons (Fsp3) is 0.391. The number of carbonyl (C=O) groups is 2. The van der Waals surface area contributed by atoms with E-state index >= 15 is 0 Å². The molecule has 1 N–H and O–H groups in total. The number of nitrogens with zero attached hydrogens (tertiary/aromatic N) is 2. The van der Waals surface area contributed by atoms with Crippen LogP contribution in [0.25, 0.3) is 0 Å². The van der Waals surface area contributed by atoms with Crippen molar-refractivity contribution in [3.63, 3.8) is 0 Å². The van der Waals surface area contributed by atoms with Crippen LogP contribution in [-0.4, -0.2) is 50.2 Å². The number of methoxy groups -OCH3 is 2. The van der Waals surface area contributed by atoms with Crippen LogP contribution in [0.5, 0.6) is 11.5 Å². The summed E-state index contributed by atoms with van der Waals surface area (Å²) in [5.74, 6) is 0.864. The summed E-state index contributed by atoms with van der Waals surface area (Å²) in [6, 6.07) is 9.04. The van der Waals surface area contributed by atoms with Crippen LogP contribution >= 0.6 is 0 Å². The van der Waals surface area contributed by atoms with Gasteiger partial charge < -0.3 is 24.6 Å². The Kier molecular flexibility index (Phi) is 5.71. The molecular weight excluding hydrogens is 401 g/mol. The third-order valence-corrected chi connectivity index (χ3v) is 6.04. The van der Waals surface area contributed by atoms with Gasteiger partial charge in [0, 0.05) is 25.2 Å². The normalized spacial score (nSPS) is 20.5. The van der Waals surface area contributed by atoms with Crippen LogP contribution in [0, 0.1) is 5.82 Å². The van der Waals surface area contributed by atoms with E-state index in [0.717, 1.165) is 11.1 Å². The number of hydrogen-bond acceptors (Lipinski definition) is 4. The molecule has 1 fully saturated rings. The van der Waals surface area contributed by atoms with Gasteiger partial charge in [-0.25, -0.2) is 9.18 Å². The molecule has 0 radical (unpaired) electrons. The maximum atomic E-state index is 13.2. The molecular formula is C23H26FN3O4. The molecule has 2 aliphatic heterocycles. The van der Waals surface area contributed by atoms with Gasteiger partial charge in [-0.1, -0.05) is 0 Å². The van der Waals surface area contributed by atoms with Crippen LogP contribution in [0.2, 0.25) is 0 Å². The molecule has 2 aromatic rings. The number of anilines is 1. The number of carbonyl (C=O) groups excluding carboxylic acids is 2. The molecule has 0 saturated carbocycles. The van der Waals surface area contributed by atoms with E-state index in [9.17, 15) is 14.0 Å². The molecule has 2 heterocycles. The lowest BCUT2D eigenvalue weighted by atomic mass is 9.93. The number of rotatable bonds is 4. The molecule has 4 rings (SSSR count). The monoisotopic (exact) mass is 427 g/mol. The first kappa shape index (κ1) is 21.0. The smallest absolute Gasteiger partial charge is 0.318 e. The summed E-state index contributed by atoms with van der Waals surface area (Å²) in [5.41, 5.74) is 2.78. The molecule has 8 heteroatoms. The zero-order valence-electron chi connectivity index (χ0n) is 17.9. The zero-order chi connectivity index (χ0) is 22.1. The number of hydrogen-bond donors (Lipinski definition) is 1. The fourth-order valence-corrected chi connectivity index (χ4v) is 4.35. The van der Waals surface area contributed by atoms with E-state index in [4.69, 9.17) is 9.47 Å². The van der Waals surface area contributed by atoms with Gasteiger partial charge in [0.05, 0.1) is 26.3 Å². The van der Waals surface area contributed by atoms with Gasteiger partial charge in [0.2, 0.25) is 5.91 Å². The van der Waals surface area contributed by atoms with Gasteiger partial charge in [0.15, 0.2) is 11.5 Å². The Labute approximate surface area is 180 Å². The maximum Gasteiger partial charge on any atom is 0.318 e. The first-order valence-electron chi connectivity index (χ1n) is 10.3. The topological polar surface area (TPSA) is 71.1 Å². The summed E-state index contributed by atoms with van der Waals surface area (Å²) in [5, 5.41) is 3.00. The van der Waals surface area contributed by atoms with Crippen LogP contribution < -0.4 is 19.7 Å². The lowest BCUT2D eigenvalue weighted by Crippen LogP contribution is -2.48. The number of amides is 3. The van der Waals surface area contributed by atoms with E-state index in [1.807, 2.05) is 19.1 Å². The van der Waals surface area contributed by atoms with Crippen molar-refractivity contribution in [2.45, 2.75) is 31.8 Å². The highest BCUT2D eigenvalue weighted by Gasteiger charge is 2.35. The van der Waals surface area contributed by atoms with Gasteiger partial charge in [0.25, 0.3) is 0 Å². The van der Waals surface area contributed by atoms with Gasteiger partial charge >= 0.3 is 6.03 Å².